The fourth-order valence-corrected chi connectivity index (χ4v) is 4.74. The van der Waals surface area contributed by atoms with Gasteiger partial charge in [-0.05, 0) is 42.7 Å². The highest BCUT2D eigenvalue weighted by Crippen LogP contribution is 2.35. The molecule has 0 spiro atoms. The van der Waals surface area contributed by atoms with E-state index in [4.69, 9.17) is 4.74 Å². The average molecular weight is 417 g/mol. The van der Waals surface area contributed by atoms with Crippen molar-refractivity contribution < 1.29 is 19.4 Å². The Balaban J connectivity index is 1.48. The molecule has 2 aliphatic rings. The van der Waals surface area contributed by atoms with Gasteiger partial charge in [0.2, 0.25) is 11.8 Å². The average Bonchev–Trinajstić information content (AvgIpc) is 2.73. The topological polar surface area (TPSA) is 70.1 Å². The van der Waals surface area contributed by atoms with E-state index in [9.17, 15) is 14.7 Å². The summed E-state index contributed by atoms with van der Waals surface area (Å²) in [5, 5.41) is 10.6. The van der Waals surface area contributed by atoms with E-state index in [-0.39, 0.29) is 29.1 Å². The smallest absolute Gasteiger partial charge is 0.227 e. The molecule has 2 heterocycles. The van der Waals surface area contributed by atoms with Crippen LogP contribution in [-0.2, 0) is 9.59 Å². The van der Waals surface area contributed by atoms with Crippen LogP contribution in [0.1, 0.15) is 46.5 Å². The van der Waals surface area contributed by atoms with Crippen LogP contribution >= 0.6 is 0 Å². The molecule has 0 saturated carbocycles. The Morgan fingerprint density at radius 2 is 1.80 bits per heavy atom. The lowest BCUT2D eigenvalue weighted by Crippen LogP contribution is -2.53. The van der Waals surface area contributed by atoms with Gasteiger partial charge in [-0.3, -0.25) is 9.59 Å². The van der Waals surface area contributed by atoms with Gasteiger partial charge in [-0.2, -0.15) is 0 Å². The Morgan fingerprint density at radius 1 is 1.07 bits per heavy atom. The third-order valence-corrected chi connectivity index (χ3v) is 6.46. The molecule has 2 aliphatic heterocycles. The Morgan fingerprint density at radius 3 is 2.47 bits per heavy atom. The largest absolute Gasteiger partial charge is 0.493 e. The van der Waals surface area contributed by atoms with E-state index in [0.29, 0.717) is 39.2 Å². The summed E-state index contributed by atoms with van der Waals surface area (Å²) in [6, 6.07) is 9.47. The van der Waals surface area contributed by atoms with Gasteiger partial charge in [0.05, 0.1) is 25.0 Å². The van der Waals surface area contributed by atoms with Gasteiger partial charge in [0.25, 0.3) is 0 Å². The molecule has 1 aromatic carbocycles. The first kappa shape index (κ1) is 22.6. The summed E-state index contributed by atoms with van der Waals surface area (Å²) in [6.45, 7) is 9.02. The highest BCUT2D eigenvalue weighted by atomic mass is 16.5. The third kappa shape index (κ3) is 5.75. The Bertz CT molecular complexity index is 716. The van der Waals surface area contributed by atoms with Crippen molar-refractivity contribution in [2.24, 2.45) is 17.3 Å². The number of carbonyl (C=O) groups excluding carboxylic acids is 2. The molecule has 166 valence electrons. The number of hydrogen-bond donors (Lipinski definition) is 1. The second kappa shape index (κ2) is 9.82. The van der Waals surface area contributed by atoms with Gasteiger partial charge < -0.3 is 19.6 Å². The fraction of sp³-hybridized carbons (Fsp3) is 0.667. The molecule has 0 radical (unpaired) electrons. The van der Waals surface area contributed by atoms with Crippen molar-refractivity contribution in [1.82, 2.24) is 9.80 Å². The number of aliphatic hydroxyl groups excluding tert-OH is 1. The van der Waals surface area contributed by atoms with Gasteiger partial charge in [0, 0.05) is 26.2 Å². The number of rotatable bonds is 5. The van der Waals surface area contributed by atoms with Gasteiger partial charge in [-0.25, -0.2) is 0 Å². The summed E-state index contributed by atoms with van der Waals surface area (Å²) in [4.78, 5) is 29.3. The van der Waals surface area contributed by atoms with Crippen molar-refractivity contribution in [2.75, 3.05) is 32.8 Å². The molecule has 2 saturated heterocycles. The highest BCUT2D eigenvalue weighted by molar-refractivity contribution is 5.81. The summed E-state index contributed by atoms with van der Waals surface area (Å²) in [7, 11) is 0. The second-order valence-electron chi connectivity index (χ2n) is 9.70. The van der Waals surface area contributed by atoms with E-state index in [2.05, 4.69) is 20.8 Å². The summed E-state index contributed by atoms with van der Waals surface area (Å²) in [5.41, 5.74) is 0.0322. The number of para-hydroxylation sites is 1. The lowest BCUT2D eigenvalue weighted by Gasteiger charge is -2.44. The first-order valence-electron chi connectivity index (χ1n) is 11.2. The highest BCUT2D eigenvalue weighted by Gasteiger charge is 2.39. The van der Waals surface area contributed by atoms with Gasteiger partial charge in [-0.15, -0.1) is 0 Å². The number of nitrogens with zero attached hydrogens (tertiary/aromatic N) is 2. The molecular weight excluding hydrogens is 380 g/mol. The molecule has 3 rings (SSSR count). The predicted molar refractivity (Wildman–Crippen MR) is 116 cm³/mol. The minimum absolute atomic E-state index is 0.0322. The number of β-amino-alcohol motifs (C(OH)–C–C–N with tert-alkyl or cyclic N) is 1. The molecule has 6 nitrogen and oxygen atoms in total. The third-order valence-electron chi connectivity index (χ3n) is 6.46. The van der Waals surface area contributed by atoms with E-state index in [0.717, 1.165) is 25.0 Å². The number of likely N-dealkylation sites (tertiary alicyclic amines) is 2. The molecule has 0 aliphatic carbocycles. The lowest BCUT2D eigenvalue weighted by molar-refractivity contribution is -0.145. The maximum Gasteiger partial charge on any atom is 0.227 e. The number of ether oxygens (including phenoxy) is 1. The van der Waals surface area contributed by atoms with Crippen molar-refractivity contribution in [1.29, 1.82) is 0 Å². The Kier molecular flexibility index (Phi) is 7.40. The first-order valence-corrected chi connectivity index (χ1v) is 11.2. The maximum absolute atomic E-state index is 13.1. The number of carbonyl (C=O) groups is 2. The van der Waals surface area contributed by atoms with Crippen molar-refractivity contribution in [2.45, 2.75) is 52.6 Å². The molecular formula is C24H36N2O4. The van der Waals surface area contributed by atoms with Crippen LogP contribution in [-0.4, -0.2) is 65.6 Å². The molecule has 0 unspecified atom stereocenters. The summed E-state index contributed by atoms with van der Waals surface area (Å²) in [6.07, 6.45) is 2.29. The van der Waals surface area contributed by atoms with Gasteiger partial charge >= 0.3 is 0 Å². The molecule has 2 fully saturated rings. The summed E-state index contributed by atoms with van der Waals surface area (Å²) >= 11 is 0. The molecule has 6 heteroatoms. The molecule has 2 amide bonds. The van der Waals surface area contributed by atoms with Gasteiger partial charge in [0.15, 0.2) is 0 Å². The van der Waals surface area contributed by atoms with Crippen LogP contribution in [0.2, 0.25) is 0 Å². The van der Waals surface area contributed by atoms with Crippen molar-refractivity contribution in [3.63, 3.8) is 0 Å². The van der Waals surface area contributed by atoms with Crippen LogP contribution < -0.4 is 4.74 Å². The van der Waals surface area contributed by atoms with Crippen LogP contribution in [0, 0.1) is 17.3 Å². The zero-order valence-electron chi connectivity index (χ0n) is 18.5. The number of piperidine rings is 2. The quantitative estimate of drug-likeness (QED) is 0.801. The Labute approximate surface area is 180 Å². The van der Waals surface area contributed by atoms with Crippen molar-refractivity contribution in [3.8, 4) is 5.75 Å². The van der Waals surface area contributed by atoms with Gasteiger partial charge in [0.1, 0.15) is 5.75 Å². The SMILES string of the molecule is CC(C)(C)[C@@H]1CCN(C(=O)[C@H]2CCCN(C(=O)CCOc3ccccc3)C2)C[C@H]1O. The van der Waals surface area contributed by atoms with Crippen LogP contribution in [0.15, 0.2) is 30.3 Å². The molecule has 3 atom stereocenters. The first-order chi connectivity index (χ1) is 14.3. The van der Waals surface area contributed by atoms with E-state index in [1.165, 1.54) is 0 Å². The van der Waals surface area contributed by atoms with E-state index < -0.39 is 6.10 Å². The number of aliphatic hydroxyl groups is 1. The molecule has 1 aromatic rings. The minimum Gasteiger partial charge on any atom is -0.493 e. The van der Waals surface area contributed by atoms with Crippen molar-refractivity contribution >= 4 is 11.8 Å². The molecule has 0 bridgehead atoms. The molecule has 1 N–H and O–H groups in total. The minimum atomic E-state index is -0.487. The monoisotopic (exact) mass is 416 g/mol. The molecule has 30 heavy (non-hydrogen) atoms. The summed E-state index contributed by atoms with van der Waals surface area (Å²) < 4.78 is 5.64. The lowest BCUT2D eigenvalue weighted by atomic mass is 9.73. The van der Waals surface area contributed by atoms with Crippen LogP contribution in [0.5, 0.6) is 5.75 Å². The number of hydrogen-bond acceptors (Lipinski definition) is 4. The standard InChI is InChI=1S/C24H36N2O4/c1-24(2,3)20-11-14-26(17-21(20)27)23(29)18-8-7-13-25(16-18)22(28)12-15-30-19-9-5-4-6-10-19/h4-6,9-10,18,20-21,27H,7-8,11-17H2,1-3H3/t18-,20+,21+/m0/s1. The van der Waals surface area contributed by atoms with Crippen LogP contribution in [0.3, 0.4) is 0 Å². The zero-order valence-corrected chi connectivity index (χ0v) is 18.5. The van der Waals surface area contributed by atoms with E-state index >= 15 is 0 Å². The second-order valence-corrected chi connectivity index (χ2v) is 9.70. The van der Waals surface area contributed by atoms with E-state index in [1.807, 2.05) is 35.2 Å². The van der Waals surface area contributed by atoms with Crippen LogP contribution in [0.4, 0.5) is 0 Å². The molecule has 0 aromatic heterocycles. The maximum atomic E-state index is 13.1. The van der Waals surface area contributed by atoms with Crippen molar-refractivity contribution in [3.05, 3.63) is 30.3 Å². The van der Waals surface area contributed by atoms with Gasteiger partial charge in [-0.1, -0.05) is 39.0 Å². The number of amides is 2. The predicted octanol–water partition coefficient (Wildman–Crippen LogP) is 2.95. The van der Waals surface area contributed by atoms with E-state index in [1.54, 1.807) is 4.90 Å². The summed E-state index contributed by atoms with van der Waals surface area (Å²) in [5.74, 6) is 0.912. The Hall–Kier alpha value is -2.08. The normalized spacial score (nSPS) is 25.1. The number of benzene rings is 1. The zero-order chi connectivity index (χ0) is 21.7. The van der Waals surface area contributed by atoms with Crippen LogP contribution in [0.25, 0.3) is 0 Å². The fourth-order valence-electron chi connectivity index (χ4n) is 4.74.